The molecular weight excluding hydrogens is 144 g/mol. The molecule has 0 bridgehead atoms. The van der Waals surface area contributed by atoms with Gasteiger partial charge in [-0.15, -0.1) is 0 Å². The van der Waals surface area contributed by atoms with Crippen LogP contribution < -0.4 is 0 Å². The molecule has 1 aromatic carbocycles. The van der Waals surface area contributed by atoms with Gasteiger partial charge in [-0.3, -0.25) is 0 Å². The molecule has 0 heterocycles. The van der Waals surface area contributed by atoms with Crippen molar-refractivity contribution in [2.75, 3.05) is 0 Å². The van der Waals surface area contributed by atoms with Crippen LogP contribution in [0.4, 0.5) is 0 Å². The van der Waals surface area contributed by atoms with Crippen molar-refractivity contribution in [3.63, 3.8) is 0 Å². The summed E-state index contributed by atoms with van der Waals surface area (Å²) in [5.41, 5.74) is 5.41. The van der Waals surface area contributed by atoms with Gasteiger partial charge in [0.25, 0.3) is 0 Å². The topological polar surface area (TPSA) is 0 Å². The summed E-state index contributed by atoms with van der Waals surface area (Å²) in [7, 11) is 0. The highest BCUT2D eigenvalue weighted by atomic mass is 14.0. The van der Waals surface area contributed by atoms with E-state index in [0.29, 0.717) is 0 Å². The Hall–Kier alpha value is -1.04. The summed E-state index contributed by atoms with van der Waals surface area (Å²) in [6.07, 6.45) is 2.14. The molecule has 0 heteroatoms. The van der Waals surface area contributed by atoms with Crippen LogP contribution in [0.2, 0.25) is 0 Å². The molecular formula is C12H16. The van der Waals surface area contributed by atoms with Crippen molar-refractivity contribution >= 4 is 5.57 Å². The molecule has 0 aliphatic rings. The van der Waals surface area contributed by atoms with Crippen molar-refractivity contribution in [3.05, 3.63) is 41.0 Å². The van der Waals surface area contributed by atoms with E-state index in [4.69, 9.17) is 0 Å². The van der Waals surface area contributed by atoms with Gasteiger partial charge in [0.15, 0.2) is 0 Å². The third-order valence-corrected chi connectivity index (χ3v) is 2.40. The third-order valence-electron chi connectivity index (χ3n) is 2.40. The summed E-state index contributed by atoms with van der Waals surface area (Å²) in [4.78, 5) is 0. The van der Waals surface area contributed by atoms with Crippen molar-refractivity contribution in [1.29, 1.82) is 0 Å². The molecule has 1 rings (SSSR count). The average Bonchev–Trinajstić information content (AvgIpc) is 2.08. The van der Waals surface area contributed by atoms with Crippen LogP contribution >= 0.6 is 0 Å². The number of aryl methyl sites for hydroxylation is 2. The van der Waals surface area contributed by atoms with Crippen molar-refractivity contribution in [2.45, 2.75) is 27.7 Å². The van der Waals surface area contributed by atoms with Crippen LogP contribution in [0.5, 0.6) is 0 Å². The van der Waals surface area contributed by atoms with Crippen LogP contribution in [-0.2, 0) is 0 Å². The second-order valence-electron chi connectivity index (χ2n) is 3.27. The molecule has 0 saturated heterocycles. The molecule has 0 aromatic heterocycles. The molecule has 0 aliphatic heterocycles. The number of rotatable bonds is 1. The first-order chi connectivity index (χ1) is 5.65. The van der Waals surface area contributed by atoms with Gasteiger partial charge in [-0.05, 0) is 50.0 Å². The maximum atomic E-state index is 2.24. The van der Waals surface area contributed by atoms with E-state index in [0.717, 1.165) is 0 Å². The fourth-order valence-corrected chi connectivity index (χ4v) is 1.15. The van der Waals surface area contributed by atoms with E-state index in [-0.39, 0.29) is 0 Å². The molecule has 0 atom stereocenters. The molecule has 64 valence electrons. The lowest BCUT2D eigenvalue weighted by molar-refractivity contribution is 1.32. The molecule has 1 aromatic rings. The third kappa shape index (κ3) is 1.76. The van der Waals surface area contributed by atoms with Gasteiger partial charge in [0, 0.05) is 0 Å². The first kappa shape index (κ1) is 9.05. The fraction of sp³-hybridized carbons (Fsp3) is 0.333. The Labute approximate surface area is 74.9 Å². The zero-order valence-corrected chi connectivity index (χ0v) is 8.31. The molecule has 0 aliphatic carbocycles. The zero-order valence-electron chi connectivity index (χ0n) is 8.31. The van der Waals surface area contributed by atoms with E-state index in [1.54, 1.807) is 0 Å². The molecule has 0 radical (unpaired) electrons. The Morgan fingerprint density at radius 3 is 2.33 bits per heavy atom. The lowest BCUT2D eigenvalue weighted by Gasteiger charge is -2.04. The standard InChI is InChI=1S/C12H16/c1-5-9(2)12-7-6-10(3)11(4)8-12/h5-8H,1-4H3. The van der Waals surface area contributed by atoms with Crippen LogP contribution in [0.3, 0.4) is 0 Å². The summed E-state index contributed by atoms with van der Waals surface area (Å²) in [6.45, 7) is 8.51. The minimum absolute atomic E-state index is 1.33. The van der Waals surface area contributed by atoms with Gasteiger partial charge in [-0.1, -0.05) is 24.3 Å². The van der Waals surface area contributed by atoms with E-state index in [9.17, 15) is 0 Å². The number of allylic oxidation sites excluding steroid dienone is 2. The first-order valence-electron chi connectivity index (χ1n) is 4.35. The van der Waals surface area contributed by atoms with E-state index < -0.39 is 0 Å². The summed E-state index contributed by atoms with van der Waals surface area (Å²) in [6, 6.07) is 6.60. The second-order valence-corrected chi connectivity index (χ2v) is 3.27. The minimum Gasteiger partial charge on any atom is -0.0841 e. The Bertz CT molecular complexity index is 306. The molecule has 0 fully saturated rings. The monoisotopic (exact) mass is 160 g/mol. The van der Waals surface area contributed by atoms with Crippen LogP contribution in [-0.4, -0.2) is 0 Å². The normalized spacial score (nSPS) is 11.8. The number of benzene rings is 1. The van der Waals surface area contributed by atoms with Crippen molar-refractivity contribution < 1.29 is 0 Å². The van der Waals surface area contributed by atoms with Crippen LogP contribution in [0.25, 0.3) is 5.57 Å². The van der Waals surface area contributed by atoms with Gasteiger partial charge in [-0.2, -0.15) is 0 Å². The number of hydrogen-bond acceptors (Lipinski definition) is 0. The van der Waals surface area contributed by atoms with Gasteiger partial charge >= 0.3 is 0 Å². The van der Waals surface area contributed by atoms with Crippen LogP contribution in [0.1, 0.15) is 30.5 Å². The fourth-order valence-electron chi connectivity index (χ4n) is 1.15. The van der Waals surface area contributed by atoms with Crippen molar-refractivity contribution in [3.8, 4) is 0 Å². The van der Waals surface area contributed by atoms with E-state index in [1.807, 2.05) is 0 Å². The summed E-state index contributed by atoms with van der Waals surface area (Å²) < 4.78 is 0. The molecule has 0 unspecified atom stereocenters. The Balaban J connectivity index is 3.13. The highest BCUT2D eigenvalue weighted by Crippen LogP contribution is 2.17. The van der Waals surface area contributed by atoms with Crippen molar-refractivity contribution in [2.24, 2.45) is 0 Å². The summed E-state index contributed by atoms with van der Waals surface area (Å²) >= 11 is 0. The largest absolute Gasteiger partial charge is 0.0841 e. The van der Waals surface area contributed by atoms with Gasteiger partial charge in [-0.25, -0.2) is 0 Å². The highest BCUT2D eigenvalue weighted by Gasteiger charge is 1.96. The molecule has 0 N–H and O–H groups in total. The minimum atomic E-state index is 1.33. The lowest BCUT2D eigenvalue weighted by atomic mass is 10.0. The maximum absolute atomic E-state index is 2.24. The Morgan fingerprint density at radius 2 is 1.83 bits per heavy atom. The van der Waals surface area contributed by atoms with Gasteiger partial charge in [0.1, 0.15) is 0 Å². The smallest absolute Gasteiger partial charge is 0.0228 e. The first-order valence-corrected chi connectivity index (χ1v) is 4.35. The van der Waals surface area contributed by atoms with Crippen molar-refractivity contribution in [1.82, 2.24) is 0 Å². The predicted octanol–water partition coefficient (Wildman–Crippen LogP) is 3.73. The summed E-state index contributed by atoms with van der Waals surface area (Å²) in [5.74, 6) is 0. The average molecular weight is 160 g/mol. The highest BCUT2D eigenvalue weighted by molar-refractivity contribution is 5.64. The zero-order chi connectivity index (χ0) is 9.14. The quantitative estimate of drug-likeness (QED) is 0.587. The Morgan fingerprint density at radius 1 is 1.17 bits per heavy atom. The van der Waals surface area contributed by atoms with Gasteiger partial charge in [0.05, 0.1) is 0 Å². The predicted molar refractivity (Wildman–Crippen MR) is 55.2 cm³/mol. The molecule has 0 spiro atoms. The van der Waals surface area contributed by atoms with E-state index >= 15 is 0 Å². The van der Waals surface area contributed by atoms with Gasteiger partial charge in [0.2, 0.25) is 0 Å². The van der Waals surface area contributed by atoms with Crippen LogP contribution in [0.15, 0.2) is 24.3 Å². The van der Waals surface area contributed by atoms with Gasteiger partial charge < -0.3 is 0 Å². The van der Waals surface area contributed by atoms with Crippen LogP contribution in [0, 0.1) is 13.8 Å². The van der Waals surface area contributed by atoms with E-state index in [2.05, 4.69) is 52.0 Å². The number of hydrogen-bond donors (Lipinski definition) is 0. The Kier molecular flexibility index (Phi) is 2.69. The lowest BCUT2D eigenvalue weighted by Crippen LogP contribution is -1.84. The second kappa shape index (κ2) is 3.57. The SMILES string of the molecule is CC=C(C)c1ccc(C)c(C)c1. The molecule has 12 heavy (non-hydrogen) atoms. The molecule has 0 nitrogen and oxygen atoms in total. The molecule has 0 saturated carbocycles. The maximum Gasteiger partial charge on any atom is -0.0228 e. The molecule has 0 amide bonds. The summed E-state index contributed by atoms with van der Waals surface area (Å²) in [5, 5.41) is 0. The van der Waals surface area contributed by atoms with E-state index in [1.165, 1.54) is 22.3 Å².